The van der Waals surface area contributed by atoms with E-state index in [2.05, 4.69) is 0 Å². The predicted molar refractivity (Wildman–Crippen MR) is 93.7 cm³/mol. The van der Waals surface area contributed by atoms with Gasteiger partial charge in [-0.25, -0.2) is 19.7 Å². The molecule has 142 valence electrons. The van der Waals surface area contributed by atoms with Gasteiger partial charge >= 0.3 is 6.09 Å². The summed E-state index contributed by atoms with van der Waals surface area (Å²) in [5.74, 6) is -0.846. The summed E-state index contributed by atoms with van der Waals surface area (Å²) in [4.78, 5) is 44.0. The lowest BCUT2D eigenvalue weighted by Gasteiger charge is -2.50. The summed E-state index contributed by atoms with van der Waals surface area (Å²) in [6.45, 7) is 5.54. The standard InChI is InChI=1S/C19H21N3O5/c1-4-26-19(25)20-14-10-11(2)15(16-12(3)17(23)21(16)20)22(27-14)18(24)13-8-6-5-7-9-13/h5-10,12,14-16H,4H2,1-3H3/t12-,14+,15-,16-/m0/s1. The van der Waals surface area contributed by atoms with Gasteiger partial charge in [-0.05, 0) is 37.6 Å². The highest BCUT2D eigenvalue weighted by Gasteiger charge is 2.61. The maximum Gasteiger partial charge on any atom is 0.431 e. The fourth-order valence-electron chi connectivity index (χ4n) is 3.92. The van der Waals surface area contributed by atoms with Gasteiger partial charge in [0.1, 0.15) is 6.04 Å². The van der Waals surface area contributed by atoms with Gasteiger partial charge in [0.05, 0.1) is 18.6 Å². The minimum atomic E-state index is -0.922. The van der Waals surface area contributed by atoms with E-state index in [1.807, 2.05) is 13.0 Å². The molecule has 8 nitrogen and oxygen atoms in total. The van der Waals surface area contributed by atoms with E-state index in [0.717, 1.165) is 5.57 Å². The Morgan fingerprint density at radius 3 is 2.59 bits per heavy atom. The Labute approximate surface area is 156 Å². The number of hydrogen-bond acceptors (Lipinski definition) is 5. The average Bonchev–Trinajstić information content (AvgIpc) is 2.88. The minimum Gasteiger partial charge on any atom is -0.448 e. The van der Waals surface area contributed by atoms with Crippen LogP contribution in [0.4, 0.5) is 4.79 Å². The Morgan fingerprint density at radius 2 is 1.93 bits per heavy atom. The molecular formula is C19H21N3O5. The summed E-state index contributed by atoms with van der Waals surface area (Å²) in [5.41, 5.74) is 1.35. The van der Waals surface area contributed by atoms with Crippen molar-refractivity contribution in [1.82, 2.24) is 15.1 Å². The third kappa shape index (κ3) is 2.51. The van der Waals surface area contributed by atoms with Gasteiger partial charge in [0.25, 0.3) is 5.91 Å². The van der Waals surface area contributed by atoms with Crippen LogP contribution in [0.15, 0.2) is 42.0 Å². The molecule has 2 fully saturated rings. The molecule has 1 aromatic carbocycles. The van der Waals surface area contributed by atoms with E-state index in [-0.39, 0.29) is 24.3 Å². The smallest absolute Gasteiger partial charge is 0.431 e. The normalized spacial score (nSPS) is 28.9. The van der Waals surface area contributed by atoms with Crippen LogP contribution in [0, 0.1) is 5.92 Å². The topological polar surface area (TPSA) is 79.4 Å². The summed E-state index contributed by atoms with van der Waals surface area (Å²) in [7, 11) is 0. The zero-order chi connectivity index (χ0) is 19.3. The van der Waals surface area contributed by atoms with Crippen molar-refractivity contribution in [2.45, 2.75) is 39.1 Å². The van der Waals surface area contributed by atoms with Gasteiger partial charge in [0, 0.05) is 5.56 Å². The molecule has 4 aliphatic rings. The number of ether oxygens (including phenoxy) is 1. The molecule has 0 N–H and O–H groups in total. The van der Waals surface area contributed by atoms with Crippen LogP contribution in [0.2, 0.25) is 0 Å². The highest BCUT2D eigenvalue weighted by Crippen LogP contribution is 2.43. The fourth-order valence-corrected chi connectivity index (χ4v) is 3.92. The zero-order valence-electron chi connectivity index (χ0n) is 15.4. The number of hydrazine groups is 1. The summed E-state index contributed by atoms with van der Waals surface area (Å²) in [5, 5.41) is 3.86. The van der Waals surface area contributed by atoms with Crippen LogP contribution in [-0.4, -0.2) is 57.9 Å². The van der Waals surface area contributed by atoms with E-state index in [0.29, 0.717) is 5.56 Å². The van der Waals surface area contributed by atoms with Gasteiger partial charge < -0.3 is 4.74 Å². The van der Waals surface area contributed by atoms with Gasteiger partial charge in [0.15, 0.2) is 0 Å². The average molecular weight is 371 g/mol. The Morgan fingerprint density at radius 1 is 1.22 bits per heavy atom. The molecule has 4 atom stereocenters. The van der Waals surface area contributed by atoms with Crippen LogP contribution >= 0.6 is 0 Å². The lowest BCUT2D eigenvalue weighted by molar-refractivity contribution is -0.213. The Bertz CT molecular complexity index is 824. The van der Waals surface area contributed by atoms with Gasteiger partial charge in [-0.15, -0.1) is 0 Å². The molecule has 0 saturated carbocycles. The molecular weight excluding hydrogens is 350 g/mol. The molecule has 0 aromatic heterocycles. The lowest BCUT2D eigenvalue weighted by atomic mass is 9.82. The number of rotatable bonds is 2. The summed E-state index contributed by atoms with van der Waals surface area (Å²) in [6.07, 6.45) is 0.162. The molecule has 1 aromatic rings. The molecule has 0 spiro atoms. The highest BCUT2D eigenvalue weighted by molar-refractivity contribution is 5.95. The Balaban J connectivity index is 1.75. The van der Waals surface area contributed by atoms with Gasteiger partial charge in [-0.3, -0.25) is 9.59 Å². The van der Waals surface area contributed by atoms with E-state index in [9.17, 15) is 14.4 Å². The van der Waals surface area contributed by atoms with Crippen LogP contribution in [0.25, 0.3) is 0 Å². The number of hydroxylamine groups is 2. The first kappa shape index (κ1) is 17.5. The second-order valence-corrected chi connectivity index (χ2v) is 6.85. The van der Waals surface area contributed by atoms with Gasteiger partial charge in [-0.2, -0.15) is 5.01 Å². The number of benzene rings is 1. The van der Waals surface area contributed by atoms with Crippen LogP contribution in [-0.2, 0) is 14.4 Å². The van der Waals surface area contributed by atoms with E-state index >= 15 is 0 Å². The molecule has 27 heavy (non-hydrogen) atoms. The molecule has 0 radical (unpaired) electrons. The van der Waals surface area contributed by atoms with Crippen molar-refractivity contribution in [3.05, 3.63) is 47.5 Å². The second kappa shape index (κ2) is 6.38. The minimum absolute atomic E-state index is 0.170. The van der Waals surface area contributed by atoms with Crippen molar-refractivity contribution in [1.29, 1.82) is 0 Å². The van der Waals surface area contributed by atoms with E-state index in [1.54, 1.807) is 44.2 Å². The van der Waals surface area contributed by atoms with E-state index in [1.165, 1.54) is 15.1 Å². The van der Waals surface area contributed by atoms with Crippen molar-refractivity contribution in [3.8, 4) is 0 Å². The summed E-state index contributed by atoms with van der Waals surface area (Å²) < 4.78 is 5.12. The van der Waals surface area contributed by atoms with E-state index < -0.39 is 24.4 Å². The van der Waals surface area contributed by atoms with Crippen molar-refractivity contribution in [3.63, 3.8) is 0 Å². The highest BCUT2D eigenvalue weighted by atomic mass is 16.7. The molecule has 4 heterocycles. The number of carbonyl (C=O) groups is 3. The number of hydrogen-bond donors (Lipinski definition) is 0. The van der Waals surface area contributed by atoms with Crippen LogP contribution < -0.4 is 0 Å². The number of amides is 3. The largest absolute Gasteiger partial charge is 0.448 e. The first-order valence-electron chi connectivity index (χ1n) is 8.98. The second-order valence-electron chi connectivity index (χ2n) is 6.85. The number of carbonyl (C=O) groups excluding carboxylic acids is 3. The Hall–Kier alpha value is -2.87. The Kier molecular flexibility index (Phi) is 4.15. The van der Waals surface area contributed by atoms with Gasteiger partial charge in [-0.1, -0.05) is 25.1 Å². The third-order valence-corrected chi connectivity index (χ3v) is 5.23. The predicted octanol–water partition coefficient (Wildman–Crippen LogP) is 1.95. The zero-order valence-corrected chi connectivity index (χ0v) is 15.4. The molecule has 2 bridgehead atoms. The van der Waals surface area contributed by atoms with Crippen molar-refractivity contribution in [2.24, 2.45) is 5.92 Å². The molecule has 0 aliphatic carbocycles. The first-order chi connectivity index (χ1) is 13.0. The van der Waals surface area contributed by atoms with Crippen molar-refractivity contribution in [2.75, 3.05) is 6.61 Å². The first-order valence-corrected chi connectivity index (χ1v) is 8.98. The summed E-state index contributed by atoms with van der Waals surface area (Å²) >= 11 is 0. The van der Waals surface area contributed by atoms with E-state index in [4.69, 9.17) is 9.57 Å². The summed E-state index contributed by atoms with van der Waals surface area (Å²) in [6, 6.07) is 7.93. The number of nitrogens with zero attached hydrogens (tertiary/aromatic N) is 3. The fraction of sp³-hybridized carbons (Fsp3) is 0.421. The van der Waals surface area contributed by atoms with Gasteiger partial charge in [0.2, 0.25) is 12.1 Å². The molecule has 4 aliphatic heterocycles. The van der Waals surface area contributed by atoms with Crippen molar-refractivity contribution >= 4 is 17.9 Å². The molecule has 3 amide bonds. The lowest BCUT2D eigenvalue weighted by Crippen LogP contribution is -2.71. The SMILES string of the molecule is CCOC(=O)N1[C@H]2C=C(C)[C@@H]([C@@H]3[C@H](C)C(=O)N31)N(C(=O)c1ccccc1)O2. The van der Waals surface area contributed by atoms with Crippen LogP contribution in [0.5, 0.6) is 0 Å². The quantitative estimate of drug-likeness (QED) is 0.586. The molecule has 5 rings (SSSR count). The molecule has 0 unspecified atom stereocenters. The maximum atomic E-state index is 13.1. The van der Waals surface area contributed by atoms with Crippen LogP contribution in [0.3, 0.4) is 0 Å². The number of fused-ring (bicyclic) bond motifs is 1. The number of β-lactam (4-membered cyclic amide) rings is 1. The maximum absolute atomic E-state index is 13.1. The molecule has 2 saturated heterocycles. The monoisotopic (exact) mass is 371 g/mol. The van der Waals surface area contributed by atoms with Crippen molar-refractivity contribution < 1.29 is 24.0 Å². The van der Waals surface area contributed by atoms with Crippen LogP contribution in [0.1, 0.15) is 31.1 Å². The third-order valence-electron chi connectivity index (χ3n) is 5.23. The molecule has 8 heteroatoms.